The summed E-state index contributed by atoms with van der Waals surface area (Å²) in [6.07, 6.45) is 2.69. The van der Waals surface area contributed by atoms with Crippen LogP contribution in [0.5, 0.6) is 0 Å². The zero-order valence-electron chi connectivity index (χ0n) is 14.3. The fraction of sp³-hybridized carbons (Fsp3) is 0.412. The lowest BCUT2D eigenvalue weighted by atomic mass is 9.96. The number of rotatable bonds is 4. The van der Waals surface area contributed by atoms with Crippen LogP contribution in [0, 0.1) is 19.8 Å². The zero-order chi connectivity index (χ0) is 17.8. The Morgan fingerprint density at radius 3 is 2.48 bits per heavy atom. The van der Waals surface area contributed by atoms with Crippen LogP contribution in [-0.2, 0) is 4.79 Å². The second kappa shape index (κ2) is 7.33. The maximum Gasteiger partial charge on any atom is 0.289 e. The number of hydrogen-bond donors (Lipinski definition) is 2. The first kappa shape index (κ1) is 16.9. The number of aryl methyl sites for hydroxylation is 2. The number of nitrogens with one attached hydrogen (secondary N) is 2. The topological polar surface area (TPSA) is 100 Å². The van der Waals surface area contributed by atoms with Gasteiger partial charge in [-0.1, -0.05) is 0 Å². The number of nitrogens with zero attached hydrogens (tertiary/aromatic N) is 3. The predicted octanol–water partition coefficient (Wildman–Crippen LogP) is 1.68. The van der Waals surface area contributed by atoms with Crippen LogP contribution in [0.15, 0.2) is 28.9 Å². The summed E-state index contributed by atoms with van der Waals surface area (Å²) in [4.78, 5) is 34.7. The highest BCUT2D eigenvalue weighted by molar-refractivity contribution is 5.91. The Bertz CT molecular complexity index is 731. The predicted molar refractivity (Wildman–Crippen MR) is 90.6 cm³/mol. The molecular weight excluding hydrogens is 322 g/mol. The monoisotopic (exact) mass is 343 g/mol. The van der Waals surface area contributed by atoms with Crippen molar-refractivity contribution in [3.05, 3.63) is 41.6 Å². The van der Waals surface area contributed by atoms with Crippen LogP contribution in [0.25, 0.3) is 0 Å². The van der Waals surface area contributed by atoms with E-state index in [1.54, 1.807) is 17.0 Å². The molecule has 0 atom stereocenters. The van der Waals surface area contributed by atoms with Gasteiger partial charge in [0.25, 0.3) is 5.91 Å². The van der Waals surface area contributed by atoms with Crippen LogP contribution in [0.2, 0.25) is 0 Å². The molecule has 8 nitrogen and oxygen atoms in total. The van der Waals surface area contributed by atoms with E-state index in [1.165, 1.54) is 6.26 Å². The van der Waals surface area contributed by atoms with E-state index in [4.69, 9.17) is 4.42 Å². The van der Waals surface area contributed by atoms with E-state index in [0.29, 0.717) is 37.6 Å². The van der Waals surface area contributed by atoms with Crippen LogP contribution in [0.3, 0.4) is 0 Å². The van der Waals surface area contributed by atoms with Crippen molar-refractivity contribution in [3.8, 4) is 0 Å². The van der Waals surface area contributed by atoms with Crippen LogP contribution in [0.1, 0.15) is 34.8 Å². The van der Waals surface area contributed by atoms with Crippen LogP contribution >= 0.6 is 0 Å². The number of carbonyl (C=O) groups excluding carboxylic acids is 2. The highest BCUT2D eigenvalue weighted by Gasteiger charge is 2.28. The van der Waals surface area contributed by atoms with Crippen molar-refractivity contribution in [1.82, 2.24) is 20.3 Å². The molecule has 1 aliphatic heterocycles. The molecule has 3 heterocycles. The van der Waals surface area contributed by atoms with E-state index in [9.17, 15) is 9.59 Å². The van der Waals surface area contributed by atoms with E-state index < -0.39 is 0 Å². The fourth-order valence-corrected chi connectivity index (χ4v) is 2.90. The molecule has 0 unspecified atom stereocenters. The molecule has 2 amide bonds. The first-order chi connectivity index (χ1) is 12.0. The van der Waals surface area contributed by atoms with Crippen molar-refractivity contribution in [1.29, 1.82) is 0 Å². The third-order valence-electron chi connectivity index (χ3n) is 4.16. The van der Waals surface area contributed by atoms with E-state index in [2.05, 4.69) is 20.8 Å². The number of aromatic nitrogens is 2. The first-order valence-corrected chi connectivity index (χ1v) is 8.24. The Labute approximate surface area is 145 Å². The second-order valence-corrected chi connectivity index (χ2v) is 6.13. The standard InChI is InChI=1S/C17H21N5O3/c1-11-10-12(2)19-17(18-11)21-20-15(23)13-5-7-22(8-6-13)16(24)14-4-3-9-25-14/h3-4,9-10,13H,5-8H2,1-2H3,(H,20,23)(H,18,19,21). The summed E-state index contributed by atoms with van der Waals surface area (Å²) in [5, 5.41) is 0. The van der Waals surface area contributed by atoms with Gasteiger partial charge >= 0.3 is 0 Å². The molecule has 2 aromatic heterocycles. The van der Waals surface area contributed by atoms with E-state index >= 15 is 0 Å². The van der Waals surface area contributed by atoms with Crippen LogP contribution in [0.4, 0.5) is 5.95 Å². The molecule has 0 aromatic carbocycles. The summed E-state index contributed by atoms with van der Waals surface area (Å²) < 4.78 is 5.14. The van der Waals surface area contributed by atoms with Gasteiger partial charge in [0, 0.05) is 30.4 Å². The number of hydrazine groups is 1. The Morgan fingerprint density at radius 2 is 1.88 bits per heavy atom. The smallest absolute Gasteiger partial charge is 0.289 e. The summed E-state index contributed by atoms with van der Waals surface area (Å²) in [5.74, 6) is 0.297. The van der Waals surface area contributed by atoms with Crippen molar-refractivity contribution < 1.29 is 14.0 Å². The number of carbonyl (C=O) groups is 2. The van der Waals surface area contributed by atoms with E-state index in [-0.39, 0.29) is 17.7 Å². The van der Waals surface area contributed by atoms with Crippen molar-refractivity contribution in [2.75, 3.05) is 18.5 Å². The van der Waals surface area contributed by atoms with Gasteiger partial charge in [-0.15, -0.1) is 0 Å². The molecule has 0 bridgehead atoms. The fourth-order valence-electron chi connectivity index (χ4n) is 2.90. The van der Waals surface area contributed by atoms with Gasteiger partial charge in [-0.3, -0.25) is 20.4 Å². The lowest BCUT2D eigenvalue weighted by Gasteiger charge is -2.30. The molecule has 0 aliphatic carbocycles. The minimum atomic E-state index is -0.154. The lowest BCUT2D eigenvalue weighted by molar-refractivity contribution is -0.125. The number of likely N-dealkylation sites (tertiary alicyclic amines) is 1. The molecule has 1 fully saturated rings. The van der Waals surface area contributed by atoms with Crippen molar-refractivity contribution >= 4 is 17.8 Å². The molecule has 0 spiro atoms. The Balaban J connectivity index is 1.49. The number of piperidine rings is 1. The number of furan rings is 1. The number of anilines is 1. The largest absolute Gasteiger partial charge is 0.459 e. The quantitative estimate of drug-likeness (QED) is 0.819. The van der Waals surface area contributed by atoms with Gasteiger partial charge < -0.3 is 9.32 Å². The first-order valence-electron chi connectivity index (χ1n) is 8.24. The SMILES string of the molecule is Cc1cc(C)nc(NNC(=O)C2CCN(C(=O)c3ccco3)CC2)n1. The second-order valence-electron chi connectivity index (χ2n) is 6.13. The molecule has 8 heteroatoms. The molecule has 25 heavy (non-hydrogen) atoms. The molecule has 1 aliphatic rings. The summed E-state index contributed by atoms with van der Waals surface area (Å²) in [6.45, 7) is 4.79. The zero-order valence-corrected chi connectivity index (χ0v) is 14.3. The molecule has 132 valence electrons. The van der Waals surface area contributed by atoms with Crippen molar-refractivity contribution in [3.63, 3.8) is 0 Å². The Morgan fingerprint density at radius 1 is 1.20 bits per heavy atom. The summed E-state index contributed by atoms with van der Waals surface area (Å²) in [7, 11) is 0. The average Bonchev–Trinajstić information content (AvgIpc) is 3.13. The van der Waals surface area contributed by atoms with Crippen LogP contribution < -0.4 is 10.9 Å². The van der Waals surface area contributed by atoms with Crippen LogP contribution in [-0.4, -0.2) is 39.8 Å². The maximum atomic E-state index is 12.3. The van der Waals surface area contributed by atoms with Crippen molar-refractivity contribution in [2.45, 2.75) is 26.7 Å². The Kier molecular flexibility index (Phi) is 4.97. The summed E-state index contributed by atoms with van der Waals surface area (Å²) >= 11 is 0. The number of hydrogen-bond acceptors (Lipinski definition) is 6. The number of amides is 2. The highest BCUT2D eigenvalue weighted by atomic mass is 16.3. The maximum absolute atomic E-state index is 12.3. The van der Waals surface area contributed by atoms with Gasteiger partial charge in [0.15, 0.2) is 5.76 Å². The molecule has 0 radical (unpaired) electrons. The molecule has 2 N–H and O–H groups in total. The van der Waals surface area contributed by atoms with E-state index in [1.807, 2.05) is 19.9 Å². The third-order valence-corrected chi connectivity index (χ3v) is 4.16. The van der Waals surface area contributed by atoms with Gasteiger partial charge in [-0.25, -0.2) is 9.97 Å². The van der Waals surface area contributed by atoms with Gasteiger partial charge in [0.05, 0.1) is 6.26 Å². The lowest BCUT2D eigenvalue weighted by Crippen LogP contribution is -2.44. The summed E-state index contributed by atoms with van der Waals surface area (Å²) in [6, 6.07) is 5.20. The highest BCUT2D eigenvalue weighted by Crippen LogP contribution is 2.19. The third kappa shape index (κ3) is 4.14. The van der Waals surface area contributed by atoms with Crippen molar-refractivity contribution in [2.24, 2.45) is 5.92 Å². The van der Waals surface area contributed by atoms with Gasteiger partial charge in [0.1, 0.15) is 0 Å². The minimum Gasteiger partial charge on any atom is -0.459 e. The van der Waals surface area contributed by atoms with Gasteiger partial charge in [-0.05, 0) is 44.9 Å². The average molecular weight is 343 g/mol. The summed E-state index contributed by atoms with van der Waals surface area (Å²) in [5.41, 5.74) is 7.08. The molecule has 2 aromatic rings. The minimum absolute atomic E-state index is 0.118. The molecular formula is C17H21N5O3. The molecule has 0 saturated carbocycles. The molecule has 1 saturated heterocycles. The Hall–Kier alpha value is -2.90. The van der Waals surface area contributed by atoms with E-state index in [0.717, 1.165) is 11.4 Å². The normalized spacial score (nSPS) is 15.0. The van der Waals surface area contributed by atoms with Gasteiger partial charge in [0.2, 0.25) is 11.9 Å². The molecule has 3 rings (SSSR count). The van der Waals surface area contributed by atoms with Gasteiger partial charge in [-0.2, -0.15) is 0 Å².